The molecule has 1 rings (SSSR count). The number of rotatable bonds is 2. The second-order valence-corrected chi connectivity index (χ2v) is 3.75. The lowest BCUT2D eigenvalue weighted by Gasteiger charge is -2.34. The molecule has 5 heteroatoms. The number of hydrogen-bond donors (Lipinski definition) is 0. The molecule has 0 saturated carbocycles. The van der Waals surface area contributed by atoms with E-state index >= 15 is 0 Å². The number of hydrogen-bond acceptors (Lipinski definition) is 4. The van der Waals surface area contributed by atoms with Crippen molar-refractivity contribution in [2.45, 2.75) is 12.8 Å². The van der Waals surface area contributed by atoms with Gasteiger partial charge in [0.15, 0.2) is 5.41 Å². The molecule has 0 aliphatic carbocycles. The van der Waals surface area contributed by atoms with E-state index in [1.165, 1.54) is 12.6 Å². The lowest BCUT2D eigenvalue weighted by atomic mass is 9.80. The summed E-state index contributed by atoms with van der Waals surface area (Å²) in [6.45, 7) is 1.29. The molecule has 0 spiro atoms. The number of likely N-dealkylation sites (tertiary alicyclic amines) is 1. The fraction of sp³-hybridized carbons (Fsp3) is 0.600. The van der Waals surface area contributed by atoms with E-state index in [0.29, 0.717) is 25.9 Å². The average molecular weight is 229 g/mol. The minimum atomic E-state index is -0.967. The van der Waals surface area contributed by atoms with Gasteiger partial charge in [0.1, 0.15) is 0 Å². The quantitative estimate of drug-likeness (QED) is 0.672. The number of ether oxygens (including phenoxy) is 1. The number of halogens is 1. The van der Waals surface area contributed by atoms with Crippen LogP contribution in [0.2, 0.25) is 0 Å². The third-order valence-corrected chi connectivity index (χ3v) is 2.82. The number of nitrogens with zero attached hydrogens (tertiary/aromatic N) is 2. The fourth-order valence-corrected chi connectivity index (χ4v) is 1.85. The number of carbonyl (C=O) groups is 1. The van der Waals surface area contributed by atoms with Gasteiger partial charge in [0, 0.05) is 24.8 Å². The molecule has 15 heavy (non-hydrogen) atoms. The van der Waals surface area contributed by atoms with Crippen molar-refractivity contribution < 1.29 is 9.53 Å². The minimum absolute atomic E-state index is 0.431. The first-order chi connectivity index (χ1) is 7.18. The molecule has 0 unspecified atom stereocenters. The predicted molar refractivity (Wildman–Crippen MR) is 55.9 cm³/mol. The number of piperidine rings is 1. The summed E-state index contributed by atoms with van der Waals surface area (Å²) in [5.41, 5.74) is 0.461. The molecular formula is C10H13ClN2O2. The smallest absolute Gasteiger partial charge is 0.326 e. The minimum Gasteiger partial charge on any atom is -0.468 e. The summed E-state index contributed by atoms with van der Waals surface area (Å²) in [4.78, 5) is 13.5. The van der Waals surface area contributed by atoms with Crippen LogP contribution in [0.1, 0.15) is 12.8 Å². The van der Waals surface area contributed by atoms with Gasteiger partial charge in [-0.3, -0.25) is 4.79 Å². The van der Waals surface area contributed by atoms with Crippen LogP contribution in [0.4, 0.5) is 0 Å². The van der Waals surface area contributed by atoms with Crippen LogP contribution in [0.25, 0.3) is 0 Å². The second-order valence-electron chi connectivity index (χ2n) is 3.50. The highest BCUT2D eigenvalue weighted by molar-refractivity contribution is 6.25. The zero-order valence-corrected chi connectivity index (χ0v) is 9.33. The van der Waals surface area contributed by atoms with E-state index in [9.17, 15) is 4.79 Å². The predicted octanol–water partition coefficient (Wildman–Crippen LogP) is 1.48. The second kappa shape index (κ2) is 5.04. The Hall–Kier alpha value is -1.21. The van der Waals surface area contributed by atoms with Crippen LogP contribution in [0.3, 0.4) is 0 Å². The first-order valence-corrected chi connectivity index (χ1v) is 5.13. The van der Waals surface area contributed by atoms with Gasteiger partial charge >= 0.3 is 5.97 Å². The monoisotopic (exact) mass is 228 g/mol. The Morgan fingerprint density at radius 2 is 2.20 bits per heavy atom. The molecule has 0 amide bonds. The largest absolute Gasteiger partial charge is 0.468 e. The zero-order chi connectivity index (χ0) is 11.3. The van der Waals surface area contributed by atoms with Crippen molar-refractivity contribution in [3.63, 3.8) is 0 Å². The van der Waals surface area contributed by atoms with Crippen LogP contribution in [-0.2, 0) is 9.53 Å². The Morgan fingerprint density at radius 3 is 2.60 bits per heavy atom. The lowest BCUT2D eigenvalue weighted by molar-refractivity contribution is -0.151. The van der Waals surface area contributed by atoms with E-state index in [-0.39, 0.29) is 0 Å². The van der Waals surface area contributed by atoms with Gasteiger partial charge in [-0.05, 0) is 12.8 Å². The molecule has 0 N–H and O–H groups in total. The maximum Gasteiger partial charge on any atom is 0.326 e. The zero-order valence-electron chi connectivity index (χ0n) is 8.57. The van der Waals surface area contributed by atoms with Crippen molar-refractivity contribution in [3.8, 4) is 6.07 Å². The topological polar surface area (TPSA) is 53.3 Å². The van der Waals surface area contributed by atoms with Gasteiger partial charge in [-0.2, -0.15) is 5.26 Å². The van der Waals surface area contributed by atoms with Gasteiger partial charge in [-0.25, -0.2) is 0 Å². The Morgan fingerprint density at radius 1 is 1.60 bits per heavy atom. The Bertz CT molecular complexity index is 301. The number of carbonyl (C=O) groups excluding carboxylic acids is 1. The first-order valence-electron chi connectivity index (χ1n) is 4.69. The highest BCUT2D eigenvalue weighted by atomic mass is 35.5. The Kier molecular flexibility index (Phi) is 3.98. The van der Waals surface area contributed by atoms with E-state index in [1.54, 1.807) is 6.20 Å². The number of methoxy groups -OCH3 is 1. The summed E-state index contributed by atoms with van der Waals surface area (Å²) < 4.78 is 4.66. The molecule has 0 atom stereocenters. The van der Waals surface area contributed by atoms with E-state index in [4.69, 9.17) is 16.9 Å². The van der Waals surface area contributed by atoms with Crippen molar-refractivity contribution in [2.75, 3.05) is 20.2 Å². The van der Waals surface area contributed by atoms with Crippen LogP contribution in [0, 0.1) is 16.7 Å². The number of esters is 1. The van der Waals surface area contributed by atoms with Crippen LogP contribution >= 0.6 is 11.6 Å². The maximum atomic E-state index is 11.5. The molecule has 4 nitrogen and oxygen atoms in total. The van der Waals surface area contributed by atoms with Gasteiger partial charge in [-0.15, -0.1) is 0 Å². The molecule has 1 aliphatic rings. The van der Waals surface area contributed by atoms with Crippen molar-refractivity contribution >= 4 is 17.6 Å². The molecule has 0 radical (unpaired) electrons. The molecule has 0 bridgehead atoms. The normalized spacial score (nSPS) is 19.9. The first kappa shape index (κ1) is 11.9. The third-order valence-electron chi connectivity index (χ3n) is 2.71. The average Bonchev–Trinajstić information content (AvgIpc) is 2.30. The summed E-state index contributed by atoms with van der Waals surface area (Å²) in [6.07, 6.45) is 2.72. The van der Waals surface area contributed by atoms with E-state index in [1.807, 2.05) is 4.90 Å². The van der Waals surface area contributed by atoms with Crippen LogP contribution < -0.4 is 0 Å². The lowest BCUT2D eigenvalue weighted by Crippen LogP contribution is -2.42. The summed E-state index contributed by atoms with van der Waals surface area (Å²) in [5.74, 6) is -0.431. The molecule has 0 aromatic heterocycles. The summed E-state index contributed by atoms with van der Waals surface area (Å²) >= 11 is 5.45. The van der Waals surface area contributed by atoms with Crippen molar-refractivity contribution in [1.82, 2.24) is 4.90 Å². The third kappa shape index (κ3) is 2.42. The van der Waals surface area contributed by atoms with E-state index in [2.05, 4.69) is 10.8 Å². The van der Waals surface area contributed by atoms with Gasteiger partial charge in [-0.1, -0.05) is 11.6 Å². The molecular weight excluding hydrogens is 216 g/mol. The molecule has 82 valence electrons. The molecule has 0 aromatic rings. The fourth-order valence-electron chi connectivity index (χ4n) is 1.69. The SMILES string of the molecule is COC(=O)C1(C#N)CCN(C=CCl)CC1. The van der Waals surface area contributed by atoms with Gasteiger partial charge < -0.3 is 9.64 Å². The van der Waals surface area contributed by atoms with Gasteiger partial charge in [0.2, 0.25) is 0 Å². The van der Waals surface area contributed by atoms with E-state index in [0.717, 1.165) is 0 Å². The Labute approximate surface area is 94.1 Å². The molecule has 1 heterocycles. The molecule has 1 saturated heterocycles. The summed E-state index contributed by atoms with van der Waals surface area (Å²) in [6, 6.07) is 2.07. The van der Waals surface area contributed by atoms with Crippen LogP contribution in [0.5, 0.6) is 0 Å². The van der Waals surface area contributed by atoms with Crippen LogP contribution in [-0.4, -0.2) is 31.1 Å². The molecule has 1 fully saturated rings. The number of nitriles is 1. The van der Waals surface area contributed by atoms with Crippen molar-refractivity contribution in [1.29, 1.82) is 5.26 Å². The van der Waals surface area contributed by atoms with Crippen LogP contribution in [0.15, 0.2) is 11.7 Å². The van der Waals surface area contributed by atoms with Crippen molar-refractivity contribution in [3.05, 3.63) is 11.7 Å². The van der Waals surface area contributed by atoms with Crippen molar-refractivity contribution in [2.24, 2.45) is 5.41 Å². The molecule has 0 aromatic carbocycles. The van der Waals surface area contributed by atoms with Gasteiger partial charge in [0.25, 0.3) is 0 Å². The molecule has 1 aliphatic heterocycles. The Balaban J connectivity index is 2.68. The summed E-state index contributed by atoms with van der Waals surface area (Å²) in [7, 11) is 1.31. The maximum absolute atomic E-state index is 11.5. The highest BCUT2D eigenvalue weighted by Crippen LogP contribution is 2.32. The summed E-state index contributed by atoms with van der Waals surface area (Å²) in [5, 5.41) is 9.05. The van der Waals surface area contributed by atoms with E-state index < -0.39 is 11.4 Å². The standard InChI is InChI=1S/C10H13ClN2O2/c1-15-9(14)10(8-12)2-5-13(6-3-10)7-4-11/h4,7H,2-3,5-6H2,1H3. The highest BCUT2D eigenvalue weighted by Gasteiger charge is 2.42. The van der Waals surface area contributed by atoms with Gasteiger partial charge in [0.05, 0.1) is 13.2 Å².